The molecule has 0 fully saturated rings. The fourth-order valence-corrected chi connectivity index (χ4v) is 6.18. The number of allylic oxidation sites excluding steroid dienone is 4. The van der Waals surface area contributed by atoms with Crippen LogP contribution in [0, 0.1) is 5.82 Å². The largest absolute Gasteiger partial charge is 0.491 e. The zero-order chi connectivity index (χ0) is 33.9. The van der Waals surface area contributed by atoms with Gasteiger partial charge < -0.3 is 23.8 Å². The number of hydrogen-bond donors (Lipinski definition) is 0. The number of aromatic nitrogens is 2. The van der Waals surface area contributed by atoms with Crippen LogP contribution in [0.2, 0.25) is 0 Å². The summed E-state index contributed by atoms with van der Waals surface area (Å²) in [5.41, 5.74) is 1.36. The van der Waals surface area contributed by atoms with Crippen molar-refractivity contribution in [3.05, 3.63) is 59.6 Å². The molecule has 6 nitrogen and oxygen atoms in total. The number of fused-ring (bicyclic) bond motifs is 1. The number of unbranched alkanes of at least 4 members (excludes halogenated alkanes) is 1. The topological polar surface area (TPSA) is 42.8 Å². The summed E-state index contributed by atoms with van der Waals surface area (Å²) in [5.74, 6) is 2.04. The number of halogens is 4. The highest BCUT2D eigenvalue weighted by atomic mass is 32.2. The van der Waals surface area contributed by atoms with Crippen LogP contribution >= 0.6 is 11.8 Å². The lowest BCUT2D eigenvalue weighted by Gasteiger charge is -2.21. The van der Waals surface area contributed by atoms with Gasteiger partial charge in [-0.2, -0.15) is 13.2 Å². The molecule has 0 saturated carbocycles. The van der Waals surface area contributed by atoms with E-state index in [9.17, 15) is 17.6 Å². The maximum absolute atomic E-state index is 15.0. The van der Waals surface area contributed by atoms with Crippen molar-refractivity contribution in [2.45, 2.75) is 71.5 Å². The number of benzene rings is 2. The number of imidazole rings is 1. The Bertz CT molecular complexity index is 1480. The Morgan fingerprint density at radius 3 is 2.43 bits per heavy atom. The first kappa shape index (κ1) is 37.4. The number of thioether (sulfide) groups is 1. The van der Waals surface area contributed by atoms with Crippen molar-refractivity contribution >= 4 is 22.8 Å². The molecule has 254 valence electrons. The standard InChI is InChI=1S/C35H48F4N4O2S/c1-8-12-16-43-30-22-27(36)23-32(46-20-18-41(6)7)33(30)40-34(43)29-14-13-28(45-25(5)21-26(10-3)35(37,38)39)24-31(29)44-19-17-42(11-4)15-9-2/h10,13-14,21-24H,8-9,11-12,15-20H2,1-7H3/b25-21+,26-10+. The Hall–Kier alpha value is -3.02. The van der Waals surface area contributed by atoms with Crippen LogP contribution in [0.15, 0.2) is 58.7 Å². The van der Waals surface area contributed by atoms with E-state index >= 15 is 0 Å². The second-order valence-corrected chi connectivity index (χ2v) is 12.5. The van der Waals surface area contributed by atoms with Crippen molar-refractivity contribution in [1.82, 2.24) is 19.4 Å². The van der Waals surface area contributed by atoms with Gasteiger partial charge in [0.15, 0.2) is 0 Å². The van der Waals surface area contributed by atoms with Crippen LogP contribution in [0.4, 0.5) is 17.6 Å². The van der Waals surface area contributed by atoms with Crippen molar-refractivity contribution in [3.63, 3.8) is 0 Å². The smallest absolute Gasteiger partial charge is 0.416 e. The van der Waals surface area contributed by atoms with Gasteiger partial charge in [-0.15, -0.1) is 11.8 Å². The van der Waals surface area contributed by atoms with Crippen LogP contribution in [0.25, 0.3) is 22.4 Å². The average molecular weight is 665 g/mol. The molecule has 0 radical (unpaired) electrons. The number of ether oxygens (including phenoxy) is 2. The summed E-state index contributed by atoms with van der Waals surface area (Å²) in [6.07, 6.45) is 0.337. The van der Waals surface area contributed by atoms with Crippen molar-refractivity contribution < 1.29 is 27.0 Å². The molecule has 46 heavy (non-hydrogen) atoms. The second kappa shape index (κ2) is 17.8. The molecule has 2 aromatic carbocycles. The summed E-state index contributed by atoms with van der Waals surface area (Å²) in [4.78, 5) is 10.2. The normalized spacial score (nSPS) is 13.0. The molecule has 0 spiro atoms. The third-order valence-corrected chi connectivity index (χ3v) is 8.45. The van der Waals surface area contributed by atoms with Crippen LogP contribution in [0.1, 0.15) is 53.9 Å². The quantitative estimate of drug-likeness (QED) is 0.0585. The van der Waals surface area contributed by atoms with E-state index in [1.807, 2.05) is 24.7 Å². The van der Waals surface area contributed by atoms with Gasteiger partial charge in [0.25, 0.3) is 0 Å². The zero-order valence-corrected chi connectivity index (χ0v) is 29.0. The monoisotopic (exact) mass is 664 g/mol. The van der Waals surface area contributed by atoms with Gasteiger partial charge in [0, 0.05) is 36.3 Å². The lowest BCUT2D eigenvalue weighted by atomic mass is 10.1. The Balaban J connectivity index is 2.12. The number of hydrogen-bond acceptors (Lipinski definition) is 6. The Morgan fingerprint density at radius 2 is 1.80 bits per heavy atom. The molecule has 0 aliphatic rings. The van der Waals surface area contributed by atoms with Crippen LogP contribution in [0.5, 0.6) is 11.5 Å². The molecule has 3 rings (SSSR count). The minimum atomic E-state index is -4.48. The van der Waals surface area contributed by atoms with Gasteiger partial charge in [-0.1, -0.05) is 33.3 Å². The van der Waals surface area contributed by atoms with Crippen molar-refractivity contribution in [2.75, 3.05) is 52.6 Å². The van der Waals surface area contributed by atoms with Gasteiger partial charge in [-0.05, 0) is 84.2 Å². The Morgan fingerprint density at radius 1 is 1.04 bits per heavy atom. The Labute approximate surface area is 275 Å². The van der Waals surface area contributed by atoms with Crippen molar-refractivity contribution in [2.24, 2.45) is 0 Å². The van der Waals surface area contributed by atoms with Gasteiger partial charge in [0.05, 0.1) is 16.7 Å². The highest BCUT2D eigenvalue weighted by molar-refractivity contribution is 7.99. The molecule has 11 heteroatoms. The van der Waals surface area contributed by atoms with E-state index in [1.165, 1.54) is 19.9 Å². The minimum absolute atomic E-state index is 0.0919. The van der Waals surface area contributed by atoms with E-state index in [4.69, 9.17) is 14.5 Å². The Kier molecular flexibility index (Phi) is 14.5. The van der Waals surface area contributed by atoms with Gasteiger partial charge in [0.2, 0.25) is 0 Å². The maximum Gasteiger partial charge on any atom is 0.416 e. The number of likely N-dealkylation sites (N-methyl/N-ethyl adjacent to an activating group) is 1. The van der Waals surface area contributed by atoms with Gasteiger partial charge in [0.1, 0.15) is 41.0 Å². The summed E-state index contributed by atoms with van der Waals surface area (Å²) in [6, 6.07) is 8.30. The van der Waals surface area contributed by atoms with E-state index < -0.39 is 11.7 Å². The molecular formula is C35H48F4N4O2S. The van der Waals surface area contributed by atoms with Crippen LogP contribution in [-0.2, 0) is 6.54 Å². The molecule has 1 heterocycles. The fraction of sp³-hybridized carbons (Fsp3) is 0.514. The summed E-state index contributed by atoms with van der Waals surface area (Å²) >= 11 is 1.57. The zero-order valence-electron chi connectivity index (χ0n) is 28.1. The first-order valence-electron chi connectivity index (χ1n) is 16.0. The SMILES string of the molecule is C/C=C(\C=C(/C)Oc1ccc(-c2nc3c(SCCN(C)C)cc(F)cc3n2CCCC)c(OCCN(CC)CCC)c1)C(F)(F)F. The molecule has 0 bridgehead atoms. The fourth-order valence-electron chi connectivity index (χ4n) is 5.02. The van der Waals surface area contributed by atoms with Gasteiger partial charge >= 0.3 is 6.18 Å². The number of rotatable bonds is 18. The van der Waals surface area contributed by atoms with E-state index in [2.05, 4.69) is 30.6 Å². The van der Waals surface area contributed by atoms with Crippen LogP contribution in [0.3, 0.4) is 0 Å². The lowest BCUT2D eigenvalue weighted by molar-refractivity contribution is -0.0885. The second-order valence-electron chi connectivity index (χ2n) is 11.4. The predicted molar refractivity (Wildman–Crippen MR) is 181 cm³/mol. The molecule has 0 unspecified atom stereocenters. The maximum atomic E-state index is 15.0. The van der Waals surface area contributed by atoms with E-state index in [0.717, 1.165) is 67.2 Å². The molecule has 3 aromatic rings. The summed E-state index contributed by atoms with van der Waals surface area (Å²) in [6.45, 7) is 13.6. The molecule has 1 aromatic heterocycles. The third-order valence-electron chi connectivity index (χ3n) is 7.44. The molecule has 0 aliphatic heterocycles. The molecule has 0 N–H and O–H groups in total. The number of aryl methyl sites for hydroxylation is 1. The summed E-state index contributed by atoms with van der Waals surface area (Å²) < 4.78 is 69.3. The van der Waals surface area contributed by atoms with Crippen molar-refractivity contribution in [3.8, 4) is 22.9 Å². The molecule has 0 atom stereocenters. The van der Waals surface area contributed by atoms with Gasteiger partial charge in [-0.3, -0.25) is 0 Å². The van der Waals surface area contributed by atoms with E-state index in [-0.39, 0.29) is 11.6 Å². The molecule has 0 amide bonds. The average Bonchev–Trinajstić information content (AvgIpc) is 3.35. The summed E-state index contributed by atoms with van der Waals surface area (Å²) in [5, 5.41) is 0. The third kappa shape index (κ3) is 10.5. The highest BCUT2D eigenvalue weighted by Crippen LogP contribution is 2.38. The first-order chi connectivity index (χ1) is 21.9. The van der Waals surface area contributed by atoms with Crippen LogP contribution in [-0.4, -0.2) is 78.2 Å². The first-order valence-corrected chi connectivity index (χ1v) is 17.0. The lowest BCUT2D eigenvalue weighted by Crippen LogP contribution is -2.29. The number of alkyl halides is 3. The predicted octanol–water partition coefficient (Wildman–Crippen LogP) is 9.20. The van der Waals surface area contributed by atoms with E-state index in [1.54, 1.807) is 30.0 Å². The van der Waals surface area contributed by atoms with Crippen LogP contribution < -0.4 is 9.47 Å². The molecule has 0 saturated heterocycles. The molecule has 0 aliphatic carbocycles. The van der Waals surface area contributed by atoms with Gasteiger partial charge in [-0.25, -0.2) is 9.37 Å². The molecular weight excluding hydrogens is 616 g/mol. The summed E-state index contributed by atoms with van der Waals surface area (Å²) in [7, 11) is 4.01. The van der Waals surface area contributed by atoms with Crippen molar-refractivity contribution in [1.29, 1.82) is 0 Å². The minimum Gasteiger partial charge on any atom is -0.491 e. The van der Waals surface area contributed by atoms with E-state index in [0.29, 0.717) is 48.1 Å². The number of nitrogens with zero attached hydrogens (tertiary/aromatic N) is 4. The highest BCUT2D eigenvalue weighted by Gasteiger charge is 2.31.